The largest absolute Gasteiger partial charge is 0.414 e. The second-order valence-corrected chi connectivity index (χ2v) is 17.7. The van der Waals surface area contributed by atoms with Crippen LogP contribution in [0.5, 0.6) is 0 Å². The first-order chi connectivity index (χ1) is 12.9. The summed E-state index contributed by atoms with van der Waals surface area (Å²) in [5.41, 5.74) is -0.967. The SMILES string of the molecule is C[C@@H]1CC(=O)[C@@H]2C(C)(C)CC[C@@H]3OC(C)(C)O[C@@]1(CO[Si](C)(C)C(C)(C)C)[C@@]32C. The molecule has 5 heteroatoms. The Kier molecular flexibility index (Phi) is 5.36. The van der Waals surface area contributed by atoms with E-state index in [1.807, 2.05) is 13.8 Å². The summed E-state index contributed by atoms with van der Waals surface area (Å²) in [6.07, 6.45) is 2.55. The molecule has 2 aliphatic carbocycles. The topological polar surface area (TPSA) is 44.8 Å². The van der Waals surface area contributed by atoms with Crippen molar-refractivity contribution in [3.8, 4) is 0 Å². The van der Waals surface area contributed by atoms with Gasteiger partial charge in [0.15, 0.2) is 14.1 Å². The minimum absolute atomic E-state index is 0.0130. The van der Waals surface area contributed by atoms with Crippen molar-refractivity contribution in [3.05, 3.63) is 0 Å². The summed E-state index contributed by atoms with van der Waals surface area (Å²) in [6, 6.07) is 0. The molecule has 0 aromatic carbocycles. The number of rotatable bonds is 3. The standard InChI is InChI=1S/C24H44O4Si/c1-16-14-17(25)19-21(5,6)13-12-18-23(19,9)24(16,28-22(7,8)27-18)15-26-29(10,11)20(2,3)4/h16,18-19H,12-15H2,1-11H3/t16-,18+,19-,23+,24-/m1/s1. The van der Waals surface area contributed by atoms with Gasteiger partial charge in [-0.2, -0.15) is 0 Å². The molecule has 0 amide bonds. The number of hydrogen-bond donors (Lipinski definition) is 0. The van der Waals surface area contributed by atoms with Gasteiger partial charge < -0.3 is 13.9 Å². The molecule has 0 spiro atoms. The Morgan fingerprint density at radius 2 is 1.72 bits per heavy atom. The fourth-order valence-electron chi connectivity index (χ4n) is 6.38. The quantitative estimate of drug-likeness (QED) is 0.525. The Morgan fingerprint density at radius 1 is 1.14 bits per heavy atom. The maximum Gasteiger partial charge on any atom is 0.192 e. The van der Waals surface area contributed by atoms with E-state index >= 15 is 0 Å². The van der Waals surface area contributed by atoms with Crippen molar-refractivity contribution in [2.45, 2.75) is 117 Å². The maximum absolute atomic E-state index is 13.4. The summed E-state index contributed by atoms with van der Waals surface area (Å²) in [6.45, 7) is 25.0. The first-order valence-corrected chi connectivity index (χ1v) is 14.4. The molecular formula is C24H44O4Si. The van der Waals surface area contributed by atoms with Crippen molar-refractivity contribution in [1.29, 1.82) is 0 Å². The molecule has 1 aliphatic heterocycles. The van der Waals surface area contributed by atoms with Crippen LogP contribution in [0.15, 0.2) is 0 Å². The smallest absolute Gasteiger partial charge is 0.192 e. The van der Waals surface area contributed by atoms with Gasteiger partial charge in [-0.25, -0.2) is 0 Å². The van der Waals surface area contributed by atoms with E-state index in [2.05, 4.69) is 61.6 Å². The van der Waals surface area contributed by atoms with E-state index in [4.69, 9.17) is 13.9 Å². The van der Waals surface area contributed by atoms with Crippen molar-refractivity contribution >= 4 is 14.1 Å². The zero-order valence-corrected chi connectivity index (χ0v) is 21.7. The van der Waals surface area contributed by atoms with Gasteiger partial charge in [0, 0.05) is 17.8 Å². The zero-order chi connectivity index (χ0) is 22.3. The van der Waals surface area contributed by atoms with Crippen molar-refractivity contribution in [2.75, 3.05) is 6.61 Å². The summed E-state index contributed by atoms with van der Waals surface area (Å²) < 4.78 is 20.2. The predicted octanol–water partition coefficient (Wildman–Crippen LogP) is 5.95. The molecule has 0 N–H and O–H groups in total. The summed E-state index contributed by atoms with van der Waals surface area (Å²) in [4.78, 5) is 13.4. The molecule has 3 aliphatic rings. The van der Waals surface area contributed by atoms with Crippen LogP contribution < -0.4 is 0 Å². The third-order valence-corrected chi connectivity index (χ3v) is 13.4. The summed E-state index contributed by atoms with van der Waals surface area (Å²) >= 11 is 0. The lowest BCUT2D eigenvalue weighted by molar-refractivity contribution is -0.420. The van der Waals surface area contributed by atoms with Gasteiger partial charge in [0.05, 0.1) is 12.7 Å². The molecule has 29 heavy (non-hydrogen) atoms. The fourth-order valence-corrected chi connectivity index (χ4v) is 7.38. The molecule has 0 aromatic heterocycles. The van der Waals surface area contributed by atoms with Gasteiger partial charge in [0.2, 0.25) is 0 Å². The molecule has 1 saturated heterocycles. The molecule has 0 unspecified atom stereocenters. The van der Waals surface area contributed by atoms with E-state index in [9.17, 15) is 4.79 Å². The molecule has 4 nitrogen and oxygen atoms in total. The monoisotopic (exact) mass is 424 g/mol. The zero-order valence-electron chi connectivity index (χ0n) is 20.7. The summed E-state index contributed by atoms with van der Waals surface area (Å²) in [5.74, 6) is -0.268. The maximum atomic E-state index is 13.4. The van der Waals surface area contributed by atoms with Crippen LogP contribution >= 0.6 is 0 Å². The Morgan fingerprint density at radius 3 is 2.28 bits per heavy atom. The van der Waals surface area contributed by atoms with Gasteiger partial charge in [0.25, 0.3) is 0 Å². The lowest BCUT2D eigenvalue weighted by Gasteiger charge is -2.70. The molecule has 3 rings (SSSR count). The molecule has 1 heterocycles. The minimum atomic E-state index is -1.97. The number of Topliss-reactive ketones (excluding diaryl/α,β-unsaturated/α-hetero) is 1. The van der Waals surface area contributed by atoms with E-state index in [1.165, 1.54) is 0 Å². The van der Waals surface area contributed by atoms with E-state index in [1.54, 1.807) is 0 Å². The van der Waals surface area contributed by atoms with Gasteiger partial charge in [0.1, 0.15) is 11.4 Å². The highest BCUT2D eigenvalue weighted by atomic mass is 28.4. The van der Waals surface area contributed by atoms with Crippen molar-refractivity contribution < 1.29 is 18.7 Å². The Balaban J connectivity index is 2.12. The predicted molar refractivity (Wildman–Crippen MR) is 119 cm³/mol. The van der Waals surface area contributed by atoms with Crippen molar-refractivity contribution in [3.63, 3.8) is 0 Å². The average Bonchev–Trinajstić information content (AvgIpc) is 2.50. The van der Waals surface area contributed by atoms with Crippen molar-refractivity contribution in [1.82, 2.24) is 0 Å². The van der Waals surface area contributed by atoms with E-state index in [-0.39, 0.29) is 33.8 Å². The van der Waals surface area contributed by atoms with E-state index < -0.39 is 19.7 Å². The van der Waals surface area contributed by atoms with Crippen LogP contribution in [-0.2, 0) is 18.7 Å². The van der Waals surface area contributed by atoms with Crippen molar-refractivity contribution in [2.24, 2.45) is 22.7 Å². The van der Waals surface area contributed by atoms with Crippen LogP contribution in [0.25, 0.3) is 0 Å². The third kappa shape index (κ3) is 3.39. The second-order valence-electron chi connectivity index (χ2n) is 12.9. The van der Waals surface area contributed by atoms with Crippen LogP contribution in [0.1, 0.15) is 81.6 Å². The number of ether oxygens (including phenoxy) is 2. The van der Waals surface area contributed by atoms with Crippen LogP contribution in [-0.4, -0.2) is 38.2 Å². The summed E-state index contributed by atoms with van der Waals surface area (Å²) in [7, 11) is -1.97. The minimum Gasteiger partial charge on any atom is -0.414 e. The highest BCUT2D eigenvalue weighted by Crippen LogP contribution is 2.66. The number of carbonyl (C=O) groups excluding carboxylic acids is 1. The Labute approximate surface area is 179 Å². The first-order valence-electron chi connectivity index (χ1n) is 11.4. The van der Waals surface area contributed by atoms with Gasteiger partial charge in [-0.15, -0.1) is 0 Å². The molecule has 0 aromatic rings. The molecule has 5 atom stereocenters. The number of hydrogen-bond acceptors (Lipinski definition) is 4. The highest BCUT2D eigenvalue weighted by Gasteiger charge is 2.73. The van der Waals surface area contributed by atoms with Crippen LogP contribution in [0.4, 0.5) is 0 Å². The van der Waals surface area contributed by atoms with Gasteiger partial charge in [-0.3, -0.25) is 4.79 Å². The lowest BCUT2D eigenvalue weighted by atomic mass is 9.43. The van der Waals surface area contributed by atoms with E-state index in [0.717, 1.165) is 12.8 Å². The van der Waals surface area contributed by atoms with Gasteiger partial charge in [-0.05, 0) is 56.2 Å². The molecular weight excluding hydrogens is 380 g/mol. The van der Waals surface area contributed by atoms with Crippen LogP contribution in [0.3, 0.4) is 0 Å². The fraction of sp³-hybridized carbons (Fsp3) is 0.958. The third-order valence-electron chi connectivity index (χ3n) is 8.95. The number of carbonyl (C=O) groups is 1. The molecule has 0 bridgehead atoms. The molecule has 2 saturated carbocycles. The first kappa shape index (κ1) is 23.4. The molecule has 168 valence electrons. The lowest BCUT2D eigenvalue weighted by Crippen LogP contribution is -2.77. The Bertz CT molecular complexity index is 677. The second kappa shape index (κ2) is 6.63. The Hall–Kier alpha value is -0.233. The van der Waals surface area contributed by atoms with Gasteiger partial charge in [-0.1, -0.05) is 48.5 Å². The normalized spacial score (nSPS) is 41.8. The van der Waals surface area contributed by atoms with Crippen LogP contribution in [0, 0.1) is 22.7 Å². The highest BCUT2D eigenvalue weighted by molar-refractivity contribution is 6.74. The molecule has 3 fully saturated rings. The van der Waals surface area contributed by atoms with Crippen LogP contribution in [0.2, 0.25) is 18.1 Å². The van der Waals surface area contributed by atoms with Gasteiger partial charge >= 0.3 is 0 Å². The summed E-state index contributed by atoms with van der Waals surface area (Å²) in [5, 5.41) is 0.129. The van der Waals surface area contributed by atoms with E-state index in [0.29, 0.717) is 18.8 Å². The average molecular weight is 425 g/mol. The molecule has 0 radical (unpaired) electrons. The number of ketones is 1.